The largest absolute Gasteiger partial charge is 0.340 e. The standard InChI is InChI=1S/C18H20Cl2N4O/c19-16-2-1-14(11-17(16)20)12-18(25)24-9-7-23(8-10-24)6-3-15-13-21-4-5-22-15/h1-2,4-5,11,13H,3,6-10,12H2. The molecule has 7 heteroatoms. The topological polar surface area (TPSA) is 49.3 Å². The van der Waals surface area contributed by atoms with Crippen LogP contribution in [0.5, 0.6) is 0 Å². The molecule has 1 fully saturated rings. The van der Waals surface area contributed by atoms with Crippen molar-refractivity contribution in [3.05, 3.63) is 58.1 Å². The molecule has 1 aromatic heterocycles. The Kier molecular flexibility index (Phi) is 6.24. The molecule has 2 aromatic rings. The molecule has 1 amide bonds. The van der Waals surface area contributed by atoms with E-state index in [1.54, 1.807) is 30.7 Å². The van der Waals surface area contributed by atoms with Crippen molar-refractivity contribution in [2.45, 2.75) is 12.8 Å². The van der Waals surface area contributed by atoms with Crippen LogP contribution in [0.2, 0.25) is 10.0 Å². The maximum atomic E-state index is 12.5. The second kappa shape index (κ2) is 8.61. The van der Waals surface area contributed by atoms with Gasteiger partial charge < -0.3 is 4.90 Å². The molecule has 0 unspecified atom stereocenters. The zero-order valence-corrected chi connectivity index (χ0v) is 15.4. The number of benzene rings is 1. The first-order chi connectivity index (χ1) is 12.1. The van der Waals surface area contributed by atoms with Crippen LogP contribution in [0.3, 0.4) is 0 Å². The SMILES string of the molecule is O=C(Cc1ccc(Cl)c(Cl)c1)N1CCN(CCc2cnccn2)CC1. The molecule has 5 nitrogen and oxygen atoms in total. The van der Waals surface area contributed by atoms with E-state index < -0.39 is 0 Å². The van der Waals surface area contributed by atoms with Gasteiger partial charge in [0.1, 0.15) is 0 Å². The summed E-state index contributed by atoms with van der Waals surface area (Å²) in [6.07, 6.45) is 6.44. The normalized spacial score (nSPS) is 15.4. The van der Waals surface area contributed by atoms with Crippen molar-refractivity contribution in [3.8, 4) is 0 Å². The molecule has 3 rings (SSSR count). The number of hydrogen-bond acceptors (Lipinski definition) is 4. The molecule has 1 saturated heterocycles. The van der Waals surface area contributed by atoms with E-state index >= 15 is 0 Å². The number of aromatic nitrogens is 2. The van der Waals surface area contributed by atoms with Crippen LogP contribution in [0, 0.1) is 0 Å². The molecule has 0 saturated carbocycles. The van der Waals surface area contributed by atoms with Gasteiger partial charge in [-0.15, -0.1) is 0 Å². The summed E-state index contributed by atoms with van der Waals surface area (Å²) in [6, 6.07) is 5.35. The van der Waals surface area contributed by atoms with Gasteiger partial charge in [-0.05, 0) is 17.7 Å². The molecule has 1 aliphatic rings. The van der Waals surface area contributed by atoms with E-state index in [0.29, 0.717) is 16.5 Å². The molecule has 1 aliphatic heterocycles. The number of carbonyl (C=O) groups is 1. The number of piperazine rings is 1. The van der Waals surface area contributed by atoms with Gasteiger partial charge >= 0.3 is 0 Å². The maximum absolute atomic E-state index is 12.5. The summed E-state index contributed by atoms with van der Waals surface area (Å²) in [5.41, 5.74) is 1.89. The van der Waals surface area contributed by atoms with Crippen molar-refractivity contribution in [1.82, 2.24) is 19.8 Å². The van der Waals surface area contributed by atoms with Crippen LogP contribution in [0.1, 0.15) is 11.3 Å². The number of rotatable bonds is 5. The van der Waals surface area contributed by atoms with Gasteiger partial charge in [0.15, 0.2) is 0 Å². The molecular weight excluding hydrogens is 359 g/mol. The Labute approximate surface area is 157 Å². The van der Waals surface area contributed by atoms with E-state index in [-0.39, 0.29) is 5.91 Å². The van der Waals surface area contributed by atoms with E-state index in [0.717, 1.165) is 50.4 Å². The van der Waals surface area contributed by atoms with Crippen molar-refractivity contribution in [2.75, 3.05) is 32.7 Å². The molecule has 1 aromatic carbocycles. The first-order valence-corrected chi connectivity index (χ1v) is 9.06. The van der Waals surface area contributed by atoms with Crippen LogP contribution in [0.25, 0.3) is 0 Å². The summed E-state index contributed by atoms with van der Waals surface area (Å²) in [6.45, 7) is 4.20. The maximum Gasteiger partial charge on any atom is 0.227 e. The van der Waals surface area contributed by atoms with E-state index in [4.69, 9.17) is 23.2 Å². The van der Waals surface area contributed by atoms with E-state index in [9.17, 15) is 4.79 Å². The lowest BCUT2D eigenvalue weighted by Gasteiger charge is -2.34. The van der Waals surface area contributed by atoms with Crippen molar-refractivity contribution in [1.29, 1.82) is 0 Å². The quantitative estimate of drug-likeness (QED) is 0.802. The van der Waals surface area contributed by atoms with Crippen LogP contribution < -0.4 is 0 Å². The lowest BCUT2D eigenvalue weighted by molar-refractivity contribution is -0.132. The Bertz CT molecular complexity index is 718. The van der Waals surface area contributed by atoms with Gasteiger partial charge in [0.05, 0.1) is 22.2 Å². The third-order valence-electron chi connectivity index (χ3n) is 4.37. The van der Waals surface area contributed by atoms with Crippen LogP contribution in [-0.4, -0.2) is 58.4 Å². The summed E-state index contributed by atoms with van der Waals surface area (Å²) in [5, 5.41) is 0.996. The Morgan fingerprint density at radius 1 is 1.08 bits per heavy atom. The highest BCUT2D eigenvalue weighted by Crippen LogP contribution is 2.23. The minimum atomic E-state index is 0.131. The monoisotopic (exact) mass is 378 g/mol. The minimum absolute atomic E-state index is 0.131. The number of nitrogens with zero attached hydrogens (tertiary/aromatic N) is 4. The molecule has 0 N–H and O–H groups in total. The Morgan fingerprint density at radius 3 is 2.56 bits per heavy atom. The minimum Gasteiger partial charge on any atom is -0.340 e. The number of halogens is 2. The van der Waals surface area contributed by atoms with E-state index in [1.807, 2.05) is 11.0 Å². The van der Waals surface area contributed by atoms with E-state index in [1.165, 1.54) is 0 Å². The molecular formula is C18H20Cl2N4O. The number of hydrogen-bond donors (Lipinski definition) is 0. The highest BCUT2D eigenvalue weighted by Gasteiger charge is 2.21. The van der Waals surface area contributed by atoms with Crippen molar-refractivity contribution < 1.29 is 4.79 Å². The van der Waals surface area contributed by atoms with Gasteiger partial charge in [0.25, 0.3) is 0 Å². The molecule has 132 valence electrons. The average Bonchev–Trinajstić information content (AvgIpc) is 2.64. The molecule has 0 aliphatic carbocycles. The summed E-state index contributed by atoms with van der Waals surface area (Å²) in [7, 11) is 0. The van der Waals surface area contributed by atoms with Gasteiger partial charge in [-0.25, -0.2) is 0 Å². The number of carbonyl (C=O) groups excluding carboxylic acids is 1. The van der Waals surface area contributed by atoms with Crippen LogP contribution in [-0.2, 0) is 17.6 Å². The zero-order valence-electron chi connectivity index (χ0n) is 13.9. The third kappa shape index (κ3) is 5.14. The van der Waals surface area contributed by atoms with Gasteiger partial charge in [0, 0.05) is 57.7 Å². The van der Waals surface area contributed by atoms with Crippen LogP contribution >= 0.6 is 23.2 Å². The molecule has 2 heterocycles. The second-order valence-corrected chi connectivity index (χ2v) is 6.91. The zero-order chi connectivity index (χ0) is 17.6. The number of amides is 1. The first kappa shape index (κ1) is 18.1. The predicted octanol–water partition coefficient (Wildman–Crippen LogP) is 2.71. The molecule has 0 radical (unpaired) electrons. The Hall–Kier alpha value is -1.69. The highest BCUT2D eigenvalue weighted by molar-refractivity contribution is 6.42. The summed E-state index contributed by atoms with van der Waals surface area (Å²) < 4.78 is 0. The third-order valence-corrected chi connectivity index (χ3v) is 5.10. The Balaban J connectivity index is 1.45. The van der Waals surface area contributed by atoms with Crippen molar-refractivity contribution in [3.63, 3.8) is 0 Å². The second-order valence-electron chi connectivity index (χ2n) is 6.09. The van der Waals surface area contributed by atoms with Crippen LogP contribution in [0.15, 0.2) is 36.8 Å². The summed E-state index contributed by atoms with van der Waals surface area (Å²) in [4.78, 5) is 25.1. The lowest BCUT2D eigenvalue weighted by Crippen LogP contribution is -2.49. The van der Waals surface area contributed by atoms with Crippen LogP contribution in [0.4, 0.5) is 0 Å². The fourth-order valence-corrected chi connectivity index (χ4v) is 3.21. The fraction of sp³-hybridized carbons (Fsp3) is 0.389. The molecule has 0 spiro atoms. The average molecular weight is 379 g/mol. The predicted molar refractivity (Wildman–Crippen MR) is 98.9 cm³/mol. The molecule has 25 heavy (non-hydrogen) atoms. The lowest BCUT2D eigenvalue weighted by atomic mass is 10.1. The summed E-state index contributed by atoms with van der Waals surface area (Å²) in [5.74, 6) is 0.131. The van der Waals surface area contributed by atoms with Gasteiger partial charge in [-0.2, -0.15) is 0 Å². The molecule has 0 bridgehead atoms. The smallest absolute Gasteiger partial charge is 0.227 e. The summed E-state index contributed by atoms with van der Waals surface area (Å²) >= 11 is 11.9. The van der Waals surface area contributed by atoms with Crippen molar-refractivity contribution in [2.24, 2.45) is 0 Å². The van der Waals surface area contributed by atoms with Gasteiger partial charge in [-0.1, -0.05) is 29.3 Å². The highest BCUT2D eigenvalue weighted by atomic mass is 35.5. The van der Waals surface area contributed by atoms with Crippen molar-refractivity contribution >= 4 is 29.1 Å². The van der Waals surface area contributed by atoms with Gasteiger partial charge in [-0.3, -0.25) is 19.7 Å². The first-order valence-electron chi connectivity index (χ1n) is 8.31. The molecule has 0 atom stereocenters. The fourth-order valence-electron chi connectivity index (χ4n) is 2.89. The Morgan fingerprint density at radius 2 is 1.88 bits per heavy atom. The van der Waals surface area contributed by atoms with Gasteiger partial charge in [0.2, 0.25) is 5.91 Å². The van der Waals surface area contributed by atoms with E-state index in [2.05, 4.69) is 14.9 Å².